The van der Waals surface area contributed by atoms with E-state index < -0.39 is 0 Å². The molecule has 2 aromatic rings. The number of anilines is 1. The minimum absolute atomic E-state index is 0.0451. The zero-order valence-corrected chi connectivity index (χ0v) is 15.1. The summed E-state index contributed by atoms with van der Waals surface area (Å²) >= 11 is 0. The summed E-state index contributed by atoms with van der Waals surface area (Å²) in [6, 6.07) is 12.7. The fraction of sp³-hybridized carbons (Fsp3) is 0.300. The van der Waals surface area contributed by atoms with Crippen molar-refractivity contribution in [2.45, 2.75) is 18.9 Å². The molecule has 7 heteroatoms. The summed E-state index contributed by atoms with van der Waals surface area (Å²) in [7, 11) is 1.54. The van der Waals surface area contributed by atoms with Crippen LogP contribution in [0.15, 0.2) is 53.5 Å². The fourth-order valence-electron chi connectivity index (χ4n) is 2.71. The normalized spacial score (nSPS) is 16.8. The van der Waals surface area contributed by atoms with E-state index in [2.05, 4.69) is 15.6 Å². The molecular weight excluding hydrogens is 349 g/mol. The van der Waals surface area contributed by atoms with Gasteiger partial charge in [0.15, 0.2) is 0 Å². The molecule has 1 aliphatic heterocycles. The first-order chi connectivity index (χ1) is 13.1. The number of methoxy groups -OCH3 is 1. The van der Waals surface area contributed by atoms with Crippen LogP contribution in [0.4, 0.5) is 10.1 Å². The first-order valence-corrected chi connectivity index (χ1v) is 8.78. The summed E-state index contributed by atoms with van der Waals surface area (Å²) in [5, 5.41) is 5.79. The Morgan fingerprint density at radius 1 is 1.30 bits per heavy atom. The minimum atomic E-state index is -0.334. The van der Waals surface area contributed by atoms with Gasteiger partial charge >= 0.3 is 0 Å². The highest BCUT2D eigenvalue weighted by atomic mass is 19.1. The first-order valence-electron chi connectivity index (χ1n) is 8.78. The molecule has 2 aromatic carbocycles. The van der Waals surface area contributed by atoms with E-state index in [9.17, 15) is 9.18 Å². The van der Waals surface area contributed by atoms with Gasteiger partial charge < -0.3 is 14.8 Å². The lowest BCUT2D eigenvalue weighted by Crippen LogP contribution is -2.36. The van der Waals surface area contributed by atoms with Gasteiger partial charge in [0.05, 0.1) is 19.8 Å². The Hall–Kier alpha value is -2.93. The number of guanidine groups is 1. The molecule has 1 heterocycles. The number of rotatable bonds is 5. The lowest BCUT2D eigenvalue weighted by atomic mass is 10.2. The number of carbonyl (C=O) groups excluding carboxylic acids is 1. The zero-order chi connectivity index (χ0) is 19.1. The quantitative estimate of drug-likeness (QED) is 0.625. The summed E-state index contributed by atoms with van der Waals surface area (Å²) in [6.07, 6.45) is 2.00. The molecule has 2 N–H and O–H groups in total. The average Bonchev–Trinajstić information content (AvgIpc) is 3.21. The van der Waals surface area contributed by atoms with Gasteiger partial charge in [-0.3, -0.25) is 10.1 Å². The van der Waals surface area contributed by atoms with Gasteiger partial charge in [-0.1, -0.05) is 6.07 Å². The third-order valence-corrected chi connectivity index (χ3v) is 4.15. The van der Waals surface area contributed by atoms with E-state index in [1.54, 1.807) is 43.5 Å². The van der Waals surface area contributed by atoms with Crippen LogP contribution in [0.5, 0.6) is 5.75 Å². The minimum Gasteiger partial charge on any atom is -0.497 e. The fourth-order valence-corrected chi connectivity index (χ4v) is 2.71. The number of nitrogens with one attached hydrogen (secondary N) is 2. The second kappa shape index (κ2) is 9.14. The molecule has 0 spiro atoms. The van der Waals surface area contributed by atoms with Gasteiger partial charge in [-0.25, -0.2) is 9.38 Å². The van der Waals surface area contributed by atoms with Gasteiger partial charge in [0.2, 0.25) is 5.96 Å². The lowest BCUT2D eigenvalue weighted by Gasteiger charge is -2.13. The Balaban J connectivity index is 1.74. The molecule has 0 radical (unpaired) electrons. The predicted octanol–water partition coefficient (Wildman–Crippen LogP) is 3.21. The van der Waals surface area contributed by atoms with E-state index in [-0.39, 0.29) is 23.8 Å². The van der Waals surface area contributed by atoms with Crippen LogP contribution in [0.2, 0.25) is 0 Å². The smallest absolute Gasteiger partial charge is 0.258 e. The van der Waals surface area contributed by atoms with Gasteiger partial charge in [-0.05, 0) is 55.3 Å². The molecule has 1 saturated heterocycles. The largest absolute Gasteiger partial charge is 0.497 e. The van der Waals surface area contributed by atoms with Gasteiger partial charge in [-0.2, -0.15) is 0 Å². The highest BCUT2D eigenvalue weighted by Gasteiger charge is 2.16. The number of aliphatic imine (C=N–C) groups is 1. The predicted molar refractivity (Wildman–Crippen MR) is 102 cm³/mol. The summed E-state index contributed by atoms with van der Waals surface area (Å²) in [6.45, 7) is 1.17. The average molecular weight is 371 g/mol. The Morgan fingerprint density at radius 2 is 2.11 bits per heavy atom. The summed E-state index contributed by atoms with van der Waals surface area (Å²) in [5.41, 5.74) is 1.06. The molecule has 0 bridgehead atoms. The SMILES string of the molecule is COc1cccc(C(=O)NC(=NCC2CCCO2)Nc2ccc(F)cc2)c1. The molecule has 1 atom stereocenters. The number of nitrogens with zero attached hydrogens (tertiary/aromatic N) is 1. The monoisotopic (exact) mass is 371 g/mol. The van der Waals surface area contributed by atoms with E-state index in [0.717, 1.165) is 19.4 Å². The van der Waals surface area contributed by atoms with Crippen molar-refractivity contribution in [3.63, 3.8) is 0 Å². The van der Waals surface area contributed by atoms with E-state index >= 15 is 0 Å². The number of hydrogen-bond acceptors (Lipinski definition) is 4. The molecule has 1 aliphatic rings. The van der Waals surface area contributed by atoms with Crippen LogP contribution in [0.1, 0.15) is 23.2 Å². The number of halogens is 1. The molecule has 1 unspecified atom stereocenters. The zero-order valence-electron chi connectivity index (χ0n) is 15.1. The summed E-state index contributed by atoms with van der Waals surface area (Å²) < 4.78 is 23.9. The van der Waals surface area contributed by atoms with Crippen molar-refractivity contribution >= 4 is 17.6 Å². The Labute approximate surface area is 157 Å². The Morgan fingerprint density at radius 3 is 2.81 bits per heavy atom. The highest BCUT2D eigenvalue weighted by molar-refractivity contribution is 6.10. The van der Waals surface area contributed by atoms with Crippen LogP contribution in [0.25, 0.3) is 0 Å². The Kier molecular flexibility index (Phi) is 6.38. The molecular formula is C20H22FN3O3. The second-order valence-electron chi connectivity index (χ2n) is 6.14. The van der Waals surface area contributed by atoms with Crippen molar-refractivity contribution in [3.8, 4) is 5.75 Å². The van der Waals surface area contributed by atoms with Gasteiger partial charge in [0.1, 0.15) is 11.6 Å². The van der Waals surface area contributed by atoms with Crippen LogP contribution < -0.4 is 15.4 Å². The van der Waals surface area contributed by atoms with Crippen LogP contribution in [-0.4, -0.2) is 38.2 Å². The number of carbonyl (C=O) groups is 1. The molecule has 142 valence electrons. The van der Waals surface area contributed by atoms with Crippen LogP contribution >= 0.6 is 0 Å². The van der Waals surface area contributed by atoms with Crippen LogP contribution in [-0.2, 0) is 4.74 Å². The van der Waals surface area contributed by atoms with Crippen LogP contribution in [0.3, 0.4) is 0 Å². The van der Waals surface area contributed by atoms with Crippen LogP contribution in [0, 0.1) is 5.82 Å². The number of hydrogen-bond donors (Lipinski definition) is 2. The third kappa shape index (κ3) is 5.52. The first kappa shape index (κ1) is 18.8. The van der Waals surface area contributed by atoms with Crippen molar-refractivity contribution in [1.29, 1.82) is 0 Å². The molecule has 1 fully saturated rings. The summed E-state index contributed by atoms with van der Waals surface area (Å²) in [4.78, 5) is 17.0. The van der Waals surface area contributed by atoms with Gasteiger partial charge in [0.25, 0.3) is 5.91 Å². The molecule has 0 aliphatic carbocycles. The second-order valence-corrected chi connectivity index (χ2v) is 6.14. The lowest BCUT2D eigenvalue weighted by molar-refractivity contribution is 0.0975. The van der Waals surface area contributed by atoms with E-state index in [4.69, 9.17) is 9.47 Å². The maximum Gasteiger partial charge on any atom is 0.258 e. The highest BCUT2D eigenvalue weighted by Crippen LogP contribution is 2.14. The molecule has 3 rings (SSSR count). The van der Waals surface area contributed by atoms with Gasteiger partial charge in [0, 0.05) is 17.9 Å². The topological polar surface area (TPSA) is 72.0 Å². The van der Waals surface area contributed by atoms with Crippen molar-refractivity contribution in [2.75, 3.05) is 25.6 Å². The van der Waals surface area contributed by atoms with Crippen molar-refractivity contribution < 1.29 is 18.7 Å². The van der Waals surface area contributed by atoms with Gasteiger partial charge in [-0.15, -0.1) is 0 Å². The molecule has 27 heavy (non-hydrogen) atoms. The molecule has 6 nitrogen and oxygen atoms in total. The Bertz CT molecular complexity index is 802. The van der Waals surface area contributed by atoms with E-state index in [0.29, 0.717) is 23.5 Å². The molecule has 0 saturated carbocycles. The van der Waals surface area contributed by atoms with E-state index in [1.165, 1.54) is 12.1 Å². The van der Waals surface area contributed by atoms with Crippen molar-refractivity contribution in [2.24, 2.45) is 4.99 Å². The third-order valence-electron chi connectivity index (χ3n) is 4.15. The maximum absolute atomic E-state index is 13.1. The van der Waals surface area contributed by atoms with Crippen molar-refractivity contribution in [3.05, 3.63) is 59.9 Å². The summed E-state index contributed by atoms with van der Waals surface area (Å²) in [5.74, 6) is 0.213. The molecule has 0 aromatic heterocycles. The number of ether oxygens (including phenoxy) is 2. The number of benzene rings is 2. The number of amides is 1. The van der Waals surface area contributed by atoms with Crippen molar-refractivity contribution in [1.82, 2.24) is 5.32 Å². The standard InChI is InChI=1S/C20H22FN3O3/c1-26-17-5-2-4-14(12-17)19(25)24-20(22-13-18-6-3-11-27-18)23-16-9-7-15(21)8-10-16/h2,4-5,7-10,12,18H,3,6,11,13H2,1H3,(H2,22,23,24,25). The van der Waals surface area contributed by atoms with E-state index in [1.807, 2.05) is 0 Å². The maximum atomic E-state index is 13.1. The molecule has 1 amide bonds.